The van der Waals surface area contributed by atoms with E-state index in [0.717, 1.165) is 32.1 Å². The van der Waals surface area contributed by atoms with E-state index in [-0.39, 0.29) is 17.7 Å². The zero-order valence-electron chi connectivity index (χ0n) is 12.5. The van der Waals surface area contributed by atoms with Crippen molar-refractivity contribution in [3.8, 4) is 0 Å². The summed E-state index contributed by atoms with van der Waals surface area (Å²) in [7, 11) is 0. The Morgan fingerprint density at radius 3 is 2.30 bits per heavy atom. The summed E-state index contributed by atoms with van der Waals surface area (Å²) in [5, 5.41) is 2.89. The monoisotopic (exact) mass is 275 g/mol. The zero-order chi connectivity index (χ0) is 14.8. The number of nitrogens with one attached hydrogen (secondary N) is 1. The first-order chi connectivity index (χ1) is 9.69. The molecule has 1 N–H and O–H groups in total. The minimum atomic E-state index is -0.339. The fraction of sp³-hybridized carbons (Fsp3) is 0.529. The molecule has 0 aliphatic carbocycles. The zero-order valence-corrected chi connectivity index (χ0v) is 12.5. The number of hydrogen-bond donors (Lipinski definition) is 1. The maximum atomic E-state index is 12.2. The second-order valence-electron chi connectivity index (χ2n) is 5.10. The molecule has 1 amide bonds. The number of rotatable bonds is 9. The van der Waals surface area contributed by atoms with Gasteiger partial charge in [-0.1, -0.05) is 51.3 Å². The Morgan fingerprint density at radius 2 is 1.70 bits per heavy atom. The van der Waals surface area contributed by atoms with Gasteiger partial charge in [-0.2, -0.15) is 0 Å². The summed E-state index contributed by atoms with van der Waals surface area (Å²) in [5.74, 6) is 0.00105. The summed E-state index contributed by atoms with van der Waals surface area (Å²) >= 11 is 0. The highest BCUT2D eigenvalue weighted by molar-refractivity contribution is 5.97. The molecule has 0 bridgehead atoms. The fourth-order valence-corrected chi connectivity index (χ4v) is 2.08. The summed E-state index contributed by atoms with van der Waals surface area (Å²) in [6.07, 6.45) is 5.16. The first-order valence-corrected chi connectivity index (χ1v) is 7.57. The van der Waals surface area contributed by atoms with E-state index in [1.54, 1.807) is 12.1 Å². The Morgan fingerprint density at radius 1 is 1.05 bits per heavy atom. The first-order valence-electron chi connectivity index (χ1n) is 7.57. The van der Waals surface area contributed by atoms with Crippen LogP contribution in [0, 0.1) is 0 Å². The van der Waals surface area contributed by atoms with Crippen LogP contribution in [0.3, 0.4) is 0 Å². The van der Waals surface area contributed by atoms with Crippen LogP contribution in [0.15, 0.2) is 30.3 Å². The molecule has 1 atom stereocenters. The third-order valence-electron chi connectivity index (χ3n) is 3.35. The summed E-state index contributed by atoms with van der Waals surface area (Å²) in [6, 6.07) is 8.72. The van der Waals surface area contributed by atoms with Crippen molar-refractivity contribution in [2.75, 3.05) is 0 Å². The largest absolute Gasteiger partial charge is 0.342 e. The SMILES string of the molecule is CCCCC(=O)[C@@H](CCCC)NC(=O)c1ccccc1. The highest BCUT2D eigenvalue weighted by Crippen LogP contribution is 2.08. The van der Waals surface area contributed by atoms with E-state index in [1.807, 2.05) is 18.2 Å². The number of unbranched alkanes of at least 4 members (excludes halogenated alkanes) is 2. The molecule has 0 aliphatic heterocycles. The van der Waals surface area contributed by atoms with Gasteiger partial charge in [0, 0.05) is 12.0 Å². The molecule has 0 aromatic heterocycles. The van der Waals surface area contributed by atoms with Crippen LogP contribution in [0.1, 0.15) is 62.7 Å². The normalized spacial score (nSPS) is 11.9. The maximum absolute atomic E-state index is 12.2. The molecule has 0 radical (unpaired) electrons. The van der Waals surface area contributed by atoms with E-state index in [9.17, 15) is 9.59 Å². The van der Waals surface area contributed by atoms with Crippen LogP contribution in [0.25, 0.3) is 0 Å². The van der Waals surface area contributed by atoms with Crippen molar-refractivity contribution in [2.45, 2.75) is 58.4 Å². The van der Waals surface area contributed by atoms with Gasteiger partial charge in [0.15, 0.2) is 5.78 Å². The van der Waals surface area contributed by atoms with Crippen LogP contribution < -0.4 is 5.32 Å². The summed E-state index contributed by atoms with van der Waals surface area (Å²) in [6.45, 7) is 4.16. The molecule has 0 fully saturated rings. The highest BCUT2D eigenvalue weighted by Gasteiger charge is 2.20. The molecule has 3 heteroatoms. The number of carbonyl (C=O) groups excluding carboxylic acids is 2. The van der Waals surface area contributed by atoms with E-state index in [1.165, 1.54) is 0 Å². The van der Waals surface area contributed by atoms with E-state index in [0.29, 0.717) is 12.0 Å². The van der Waals surface area contributed by atoms with E-state index in [2.05, 4.69) is 19.2 Å². The molecule has 0 aliphatic rings. The third kappa shape index (κ3) is 5.55. The lowest BCUT2D eigenvalue weighted by Crippen LogP contribution is -2.40. The van der Waals surface area contributed by atoms with E-state index >= 15 is 0 Å². The van der Waals surface area contributed by atoms with Crippen molar-refractivity contribution in [1.82, 2.24) is 5.32 Å². The Hall–Kier alpha value is -1.64. The molecule has 1 aromatic rings. The first kappa shape index (κ1) is 16.4. The van der Waals surface area contributed by atoms with Gasteiger partial charge in [0.25, 0.3) is 5.91 Å². The number of carbonyl (C=O) groups is 2. The van der Waals surface area contributed by atoms with Crippen LogP contribution in [-0.2, 0) is 4.79 Å². The summed E-state index contributed by atoms with van der Waals surface area (Å²) < 4.78 is 0. The standard InChI is InChI=1S/C17H25NO2/c1-3-5-12-15(16(19)13-6-4-2)18-17(20)14-10-8-7-9-11-14/h7-11,15H,3-6,12-13H2,1-2H3,(H,18,20)/t15-/m1/s1. The number of hydrogen-bond acceptors (Lipinski definition) is 2. The van der Waals surface area contributed by atoms with Crippen LogP contribution in [0.2, 0.25) is 0 Å². The smallest absolute Gasteiger partial charge is 0.251 e. The lowest BCUT2D eigenvalue weighted by molar-refractivity contribution is -0.121. The van der Waals surface area contributed by atoms with Gasteiger partial charge >= 0.3 is 0 Å². The van der Waals surface area contributed by atoms with Gasteiger partial charge in [-0.15, -0.1) is 0 Å². The van der Waals surface area contributed by atoms with Crippen LogP contribution in [0.5, 0.6) is 0 Å². The Kier molecular flexibility index (Phi) is 7.63. The van der Waals surface area contributed by atoms with Gasteiger partial charge in [-0.05, 0) is 25.0 Å². The molecular formula is C17H25NO2. The molecule has 20 heavy (non-hydrogen) atoms. The predicted octanol–water partition coefficient (Wildman–Crippen LogP) is 3.73. The number of ketones is 1. The number of amides is 1. The molecule has 3 nitrogen and oxygen atoms in total. The van der Waals surface area contributed by atoms with Gasteiger partial charge in [0.1, 0.15) is 0 Å². The fourth-order valence-electron chi connectivity index (χ4n) is 2.08. The van der Waals surface area contributed by atoms with Gasteiger partial charge in [-0.3, -0.25) is 9.59 Å². The van der Waals surface area contributed by atoms with E-state index in [4.69, 9.17) is 0 Å². The highest BCUT2D eigenvalue weighted by atomic mass is 16.2. The van der Waals surface area contributed by atoms with Gasteiger partial charge < -0.3 is 5.32 Å². The van der Waals surface area contributed by atoms with Crippen molar-refractivity contribution in [3.63, 3.8) is 0 Å². The topological polar surface area (TPSA) is 46.2 Å². The van der Waals surface area contributed by atoms with Crippen molar-refractivity contribution in [3.05, 3.63) is 35.9 Å². The Balaban J connectivity index is 2.63. The Bertz CT molecular complexity index is 414. The second kappa shape index (κ2) is 9.29. The van der Waals surface area contributed by atoms with Crippen molar-refractivity contribution in [2.24, 2.45) is 0 Å². The molecule has 1 aromatic carbocycles. The molecule has 0 unspecified atom stereocenters. The predicted molar refractivity (Wildman–Crippen MR) is 81.8 cm³/mol. The number of Topliss-reactive ketones (excluding diaryl/α,β-unsaturated/α-hetero) is 1. The molecule has 0 saturated heterocycles. The Labute approximate surface area is 121 Å². The van der Waals surface area contributed by atoms with Crippen LogP contribution in [-0.4, -0.2) is 17.7 Å². The second-order valence-corrected chi connectivity index (χ2v) is 5.10. The van der Waals surface area contributed by atoms with Gasteiger partial charge in [0.2, 0.25) is 0 Å². The minimum absolute atomic E-state index is 0.156. The van der Waals surface area contributed by atoms with Crippen molar-refractivity contribution >= 4 is 11.7 Å². The van der Waals surface area contributed by atoms with Crippen molar-refractivity contribution < 1.29 is 9.59 Å². The lowest BCUT2D eigenvalue weighted by atomic mass is 10.0. The minimum Gasteiger partial charge on any atom is -0.342 e. The number of benzene rings is 1. The van der Waals surface area contributed by atoms with Gasteiger partial charge in [0.05, 0.1) is 6.04 Å². The quantitative estimate of drug-likeness (QED) is 0.746. The summed E-state index contributed by atoms with van der Waals surface area (Å²) in [5.41, 5.74) is 0.609. The molecule has 110 valence electrons. The average Bonchev–Trinajstić information content (AvgIpc) is 2.49. The summed E-state index contributed by atoms with van der Waals surface area (Å²) in [4.78, 5) is 24.3. The van der Waals surface area contributed by atoms with Crippen molar-refractivity contribution in [1.29, 1.82) is 0 Å². The molecule has 0 saturated carbocycles. The average molecular weight is 275 g/mol. The van der Waals surface area contributed by atoms with Gasteiger partial charge in [-0.25, -0.2) is 0 Å². The molecule has 0 heterocycles. The van der Waals surface area contributed by atoms with E-state index < -0.39 is 0 Å². The molecular weight excluding hydrogens is 250 g/mol. The molecule has 0 spiro atoms. The lowest BCUT2D eigenvalue weighted by Gasteiger charge is -2.17. The molecule has 1 rings (SSSR count). The third-order valence-corrected chi connectivity index (χ3v) is 3.35. The van der Waals surface area contributed by atoms with Crippen LogP contribution in [0.4, 0.5) is 0 Å². The van der Waals surface area contributed by atoms with Crippen LogP contribution >= 0.6 is 0 Å². The maximum Gasteiger partial charge on any atom is 0.251 e.